The second-order valence-electron chi connectivity index (χ2n) is 7.32. The van der Waals surface area contributed by atoms with Gasteiger partial charge in [-0.25, -0.2) is 15.0 Å². The molecule has 1 aliphatic carbocycles. The van der Waals surface area contributed by atoms with Crippen LogP contribution in [0.4, 0.5) is 13.2 Å². The Balaban J connectivity index is 1.76. The minimum absolute atomic E-state index is 0.0164. The smallest absolute Gasteiger partial charge is 0.406 e. The summed E-state index contributed by atoms with van der Waals surface area (Å²) in [6, 6.07) is 3.60. The summed E-state index contributed by atoms with van der Waals surface area (Å²) < 4.78 is 42.9. The van der Waals surface area contributed by atoms with Crippen LogP contribution in [0.15, 0.2) is 29.3 Å². The van der Waals surface area contributed by atoms with Crippen molar-refractivity contribution in [1.82, 2.24) is 19.5 Å². The highest BCUT2D eigenvalue weighted by Gasteiger charge is 2.31. The molecule has 1 saturated carbocycles. The SMILES string of the molecule is Cc1nc2c(-c3ccc(OC(F)(F)F)cc3Cl)ncnc2n(CCCC2CC2)c1=O. The van der Waals surface area contributed by atoms with Crippen LogP contribution in [-0.2, 0) is 6.54 Å². The fraction of sp³-hybridized carbons (Fsp3) is 0.400. The van der Waals surface area contributed by atoms with Gasteiger partial charge in [-0.1, -0.05) is 24.4 Å². The predicted molar refractivity (Wildman–Crippen MR) is 105 cm³/mol. The fourth-order valence-corrected chi connectivity index (χ4v) is 3.67. The van der Waals surface area contributed by atoms with E-state index in [1.807, 2.05) is 0 Å². The van der Waals surface area contributed by atoms with Crippen LogP contribution in [0.3, 0.4) is 0 Å². The number of ether oxygens (including phenoxy) is 1. The zero-order chi connectivity index (χ0) is 21.5. The van der Waals surface area contributed by atoms with Gasteiger partial charge in [0.25, 0.3) is 5.56 Å². The molecule has 0 radical (unpaired) electrons. The molecule has 1 aromatic carbocycles. The minimum atomic E-state index is -4.82. The van der Waals surface area contributed by atoms with Gasteiger partial charge in [0.2, 0.25) is 0 Å². The molecule has 6 nitrogen and oxygen atoms in total. The Morgan fingerprint density at radius 1 is 1.27 bits per heavy atom. The van der Waals surface area contributed by atoms with Crippen molar-refractivity contribution in [1.29, 1.82) is 0 Å². The molecule has 1 aliphatic rings. The summed E-state index contributed by atoms with van der Waals surface area (Å²) in [4.78, 5) is 25.5. The van der Waals surface area contributed by atoms with E-state index in [2.05, 4.69) is 19.7 Å². The van der Waals surface area contributed by atoms with Crippen molar-refractivity contribution in [3.05, 3.63) is 45.6 Å². The largest absolute Gasteiger partial charge is 0.573 e. The average Bonchev–Trinajstić information content (AvgIpc) is 3.48. The van der Waals surface area contributed by atoms with E-state index in [0.717, 1.165) is 30.9 Å². The van der Waals surface area contributed by atoms with Crippen LogP contribution in [0.2, 0.25) is 5.02 Å². The molecule has 10 heteroatoms. The van der Waals surface area contributed by atoms with Gasteiger partial charge in [0.05, 0.1) is 5.02 Å². The number of alkyl halides is 3. The number of aryl methyl sites for hydroxylation is 2. The third kappa shape index (κ3) is 4.40. The number of nitrogens with zero attached hydrogens (tertiary/aromatic N) is 4. The fourth-order valence-electron chi connectivity index (χ4n) is 3.41. The van der Waals surface area contributed by atoms with Crippen molar-refractivity contribution in [3.63, 3.8) is 0 Å². The third-order valence-electron chi connectivity index (χ3n) is 5.01. The summed E-state index contributed by atoms with van der Waals surface area (Å²) >= 11 is 6.23. The van der Waals surface area contributed by atoms with Crippen LogP contribution in [0.5, 0.6) is 5.75 Å². The van der Waals surface area contributed by atoms with E-state index in [-0.39, 0.29) is 16.3 Å². The zero-order valence-corrected chi connectivity index (χ0v) is 16.8. The van der Waals surface area contributed by atoms with E-state index in [1.54, 1.807) is 11.5 Å². The minimum Gasteiger partial charge on any atom is -0.406 e. The van der Waals surface area contributed by atoms with Crippen LogP contribution in [0.25, 0.3) is 22.4 Å². The molecule has 158 valence electrons. The van der Waals surface area contributed by atoms with Gasteiger partial charge in [-0.05, 0) is 43.9 Å². The molecule has 0 spiro atoms. The maximum Gasteiger partial charge on any atom is 0.573 e. The summed E-state index contributed by atoms with van der Waals surface area (Å²) in [5, 5.41) is 0.0164. The van der Waals surface area contributed by atoms with E-state index >= 15 is 0 Å². The van der Waals surface area contributed by atoms with Crippen LogP contribution in [0.1, 0.15) is 31.4 Å². The molecule has 0 aliphatic heterocycles. The van der Waals surface area contributed by atoms with E-state index in [9.17, 15) is 18.0 Å². The van der Waals surface area contributed by atoms with Crippen LogP contribution >= 0.6 is 11.6 Å². The second kappa shape index (κ2) is 7.86. The highest BCUT2D eigenvalue weighted by atomic mass is 35.5. The van der Waals surface area contributed by atoms with Gasteiger partial charge >= 0.3 is 6.36 Å². The van der Waals surface area contributed by atoms with Crippen LogP contribution < -0.4 is 10.3 Å². The molecule has 4 rings (SSSR count). The molecule has 0 amide bonds. The van der Waals surface area contributed by atoms with Gasteiger partial charge in [-0.3, -0.25) is 9.36 Å². The normalized spacial score (nSPS) is 14.3. The summed E-state index contributed by atoms with van der Waals surface area (Å²) in [6.07, 6.45) is 0.865. The topological polar surface area (TPSA) is 69.9 Å². The maximum absolute atomic E-state index is 12.7. The average molecular weight is 439 g/mol. The Morgan fingerprint density at radius 2 is 2.03 bits per heavy atom. The summed E-state index contributed by atoms with van der Waals surface area (Å²) in [5.74, 6) is 0.312. The Bertz CT molecular complexity index is 1160. The van der Waals surface area contributed by atoms with Gasteiger partial charge in [0.15, 0.2) is 5.65 Å². The number of hydrogen-bond acceptors (Lipinski definition) is 5. The lowest BCUT2D eigenvalue weighted by atomic mass is 10.1. The molecule has 30 heavy (non-hydrogen) atoms. The van der Waals surface area contributed by atoms with Crippen molar-refractivity contribution in [2.75, 3.05) is 0 Å². The van der Waals surface area contributed by atoms with Crippen LogP contribution in [0, 0.1) is 12.8 Å². The first kappa shape index (κ1) is 20.6. The van der Waals surface area contributed by atoms with Crippen molar-refractivity contribution in [2.24, 2.45) is 5.92 Å². The number of halogens is 4. The molecule has 2 aromatic heterocycles. The molecular weight excluding hydrogens is 421 g/mol. The number of aromatic nitrogens is 4. The van der Waals surface area contributed by atoms with Gasteiger partial charge in [-0.15, -0.1) is 13.2 Å². The molecule has 0 unspecified atom stereocenters. The summed E-state index contributed by atoms with van der Waals surface area (Å²) in [5.41, 5.74) is 1.52. The number of fused-ring (bicyclic) bond motifs is 1. The van der Waals surface area contributed by atoms with E-state index in [1.165, 1.54) is 25.2 Å². The number of hydrogen-bond donors (Lipinski definition) is 0. The molecule has 0 N–H and O–H groups in total. The molecule has 1 fully saturated rings. The quantitative estimate of drug-likeness (QED) is 0.547. The Labute approximate surface area is 174 Å². The number of benzene rings is 1. The van der Waals surface area contributed by atoms with Gasteiger partial charge in [-0.2, -0.15) is 0 Å². The highest BCUT2D eigenvalue weighted by molar-refractivity contribution is 6.33. The van der Waals surface area contributed by atoms with Crippen molar-refractivity contribution in [2.45, 2.75) is 45.5 Å². The summed E-state index contributed by atoms with van der Waals surface area (Å²) in [7, 11) is 0. The van der Waals surface area contributed by atoms with E-state index in [0.29, 0.717) is 29.0 Å². The van der Waals surface area contributed by atoms with Crippen molar-refractivity contribution >= 4 is 22.8 Å². The predicted octanol–water partition coefficient (Wildman–Crippen LogP) is 4.90. The summed E-state index contributed by atoms with van der Waals surface area (Å²) in [6.45, 7) is 2.12. The zero-order valence-electron chi connectivity index (χ0n) is 16.0. The second-order valence-corrected chi connectivity index (χ2v) is 7.73. The lowest BCUT2D eigenvalue weighted by Crippen LogP contribution is -2.25. The Hall–Kier alpha value is -2.68. The molecule has 0 saturated heterocycles. The standard InChI is InChI=1S/C20H18ClF3N4O2/c1-11-19(29)28(8-2-3-12-4-5-12)18-17(27-11)16(25-10-26-18)14-7-6-13(9-15(14)21)30-20(22,23)24/h6-7,9-10,12H,2-5,8H2,1H3. The molecule has 3 aromatic rings. The van der Waals surface area contributed by atoms with Gasteiger partial charge in [0.1, 0.15) is 29.0 Å². The van der Waals surface area contributed by atoms with E-state index < -0.39 is 12.1 Å². The first-order chi connectivity index (χ1) is 14.2. The molecule has 2 heterocycles. The highest BCUT2D eigenvalue weighted by Crippen LogP contribution is 2.35. The lowest BCUT2D eigenvalue weighted by molar-refractivity contribution is -0.274. The van der Waals surface area contributed by atoms with Gasteiger partial charge in [0, 0.05) is 12.1 Å². The molecule has 0 atom stereocenters. The number of rotatable bonds is 6. The van der Waals surface area contributed by atoms with Crippen molar-refractivity contribution < 1.29 is 17.9 Å². The van der Waals surface area contributed by atoms with Crippen LogP contribution in [-0.4, -0.2) is 25.9 Å². The molecule has 0 bridgehead atoms. The molecular formula is C20H18ClF3N4O2. The first-order valence-corrected chi connectivity index (χ1v) is 9.88. The Kier molecular flexibility index (Phi) is 5.40. The lowest BCUT2D eigenvalue weighted by Gasteiger charge is -2.14. The third-order valence-corrected chi connectivity index (χ3v) is 5.33. The van der Waals surface area contributed by atoms with Gasteiger partial charge < -0.3 is 4.74 Å². The monoisotopic (exact) mass is 438 g/mol. The van der Waals surface area contributed by atoms with E-state index in [4.69, 9.17) is 11.6 Å². The Morgan fingerprint density at radius 3 is 2.70 bits per heavy atom. The van der Waals surface area contributed by atoms with Crippen molar-refractivity contribution in [3.8, 4) is 17.0 Å². The first-order valence-electron chi connectivity index (χ1n) is 9.51. The maximum atomic E-state index is 12.7.